The van der Waals surface area contributed by atoms with Crippen molar-refractivity contribution in [2.75, 3.05) is 0 Å². The first-order valence-electron chi connectivity index (χ1n) is 16.8. The van der Waals surface area contributed by atoms with Crippen LogP contribution in [0.25, 0.3) is 65.3 Å². The zero-order valence-electron chi connectivity index (χ0n) is 28.3. The highest BCUT2D eigenvalue weighted by molar-refractivity contribution is 7.79. The van der Waals surface area contributed by atoms with E-state index in [1.54, 1.807) is 12.2 Å². The van der Waals surface area contributed by atoms with Crippen molar-refractivity contribution in [3.8, 4) is 34.6 Å². The fourth-order valence-corrected chi connectivity index (χ4v) is 9.82. The van der Waals surface area contributed by atoms with Gasteiger partial charge in [-0.3, -0.25) is 0 Å². The van der Waals surface area contributed by atoms with E-state index in [-0.39, 0.29) is 0 Å². The predicted octanol–water partition coefficient (Wildman–Crippen LogP) is 13.4. The number of rotatable bonds is 8. The Morgan fingerprint density at radius 2 is 1.28 bits per heavy atom. The van der Waals surface area contributed by atoms with Crippen molar-refractivity contribution < 1.29 is 4.57 Å². The molecule has 0 heterocycles. The minimum absolute atomic E-state index is 0.628. The number of hydrogen-bond acceptors (Lipinski definition) is 1. The van der Waals surface area contributed by atoms with Crippen LogP contribution in [0.5, 0.6) is 0 Å². The van der Waals surface area contributed by atoms with Crippen molar-refractivity contribution in [1.29, 1.82) is 0 Å². The largest absolute Gasteiger partial charge is 0.309 e. The summed E-state index contributed by atoms with van der Waals surface area (Å²) in [5, 5.41) is 11.5. The maximum Gasteiger partial charge on any atom is 0.167 e. The number of terminal acetylenes is 1. The lowest BCUT2D eigenvalue weighted by Gasteiger charge is -2.22. The molecule has 0 bridgehead atoms. The van der Waals surface area contributed by atoms with Crippen LogP contribution in [0.2, 0.25) is 0 Å². The summed E-state index contributed by atoms with van der Waals surface area (Å²) in [4.78, 5) is 0. The highest BCUT2D eigenvalue weighted by Crippen LogP contribution is 2.60. The van der Waals surface area contributed by atoms with Crippen molar-refractivity contribution >= 4 is 55.5 Å². The van der Waals surface area contributed by atoms with Gasteiger partial charge in [0.25, 0.3) is 0 Å². The average Bonchev–Trinajstić information content (AvgIpc) is 3.16. The molecule has 0 aliphatic rings. The third-order valence-corrected chi connectivity index (χ3v) is 12.6. The second kappa shape index (κ2) is 13.9. The first kappa shape index (κ1) is 32.6. The second-order valence-electron chi connectivity index (χ2n) is 12.4. The first-order valence-corrected chi connectivity index (χ1v) is 18.5. The SMILES string of the molecule is C#C/C=C(\C=C/C)P(=O)(/C(C)=C/C=C\C=C)c1ccc2cc(-c3c4ccccc4c(-c4cccc5ccccc45)c4ccccc34)ccc2c1. The van der Waals surface area contributed by atoms with Gasteiger partial charge in [0.05, 0.1) is 0 Å². The van der Waals surface area contributed by atoms with E-state index in [2.05, 4.69) is 134 Å². The van der Waals surface area contributed by atoms with Crippen LogP contribution in [0.4, 0.5) is 0 Å². The minimum Gasteiger partial charge on any atom is -0.309 e. The molecule has 7 aromatic rings. The number of benzene rings is 7. The fraction of sp³-hybridized carbons (Fsp3) is 0.0417. The van der Waals surface area contributed by atoms with Gasteiger partial charge in [-0.05, 0) is 103 Å². The fourth-order valence-electron chi connectivity index (χ4n) is 7.19. The zero-order chi connectivity index (χ0) is 34.7. The van der Waals surface area contributed by atoms with Crippen LogP contribution >= 0.6 is 7.14 Å². The van der Waals surface area contributed by atoms with Gasteiger partial charge in [-0.2, -0.15) is 0 Å². The maximum atomic E-state index is 15.1. The van der Waals surface area contributed by atoms with Gasteiger partial charge < -0.3 is 4.57 Å². The summed E-state index contributed by atoms with van der Waals surface area (Å²) in [6.45, 7) is 7.59. The summed E-state index contributed by atoms with van der Waals surface area (Å²) in [5.74, 6) is 2.62. The standard InChI is InChI=1S/C48H37OP/c1-5-8-9-19-34(4)50(49,39(17-6-2)18-7-3)40-31-30-36-32-38(29-28-37(36)33-40)47-43-23-12-14-25-45(43)48(46-26-15-13-24-44(46)47)42-27-16-21-35-20-10-11-22-41(35)42/h2,5,7-33H,1H2,3-4H3/b9-8-,18-7-,34-19+,39-17+. The Morgan fingerprint density at radius 3 is 1.94 bits per heavy atom. The van der Waals surface area contributed by atoms with Crippen LogP contribution in [-0.4, -0.2) is 0 Å². The highest BCUT2D eigenvalue weighted by Gasteiger charge is 2.30. The molecule has 2 heteroatoms. The summed E-state index contributed by atoms with van der Waals surface area (Å²) >= 11 is 0. The monoisotopic (exact) mass is 660 g/mol. The van der Waals surface area contributed by atoms with E-state index in [9.17, 15) is 0 Å². The number of allylic oxidation sites excluding steroid dienone is 9. The van der Waals surface area contributed by atoms with Crippen LogP contribution < -0.4 is 5.30 Å². The Morgan fingerprint density at radius 1 is 0.680 bits per heavy atom. The van der Waals surface area contributed by atoms with Gasteiger partial charge in [-0.1, -0.05) is 164 Å². The molecule has 0 radical (unpaired) electrons. The molecule has 1 nitrogen and oxygen atoms in total. The van der Waals surface area contributed by atoms with Crippen LogP contribution in [0.3, 0.4) is 0 Å². The van der Waals surface area contributed by atoms with Crippen molar-refractivity contribution in [3.63, 3.8) is 0 Å². The van der Waals surface area contributed by atoms with Gasteiger partial charge >= 0.3 is 0 Å². The van der Waals surface area contributed by atoms with Gasteiger partial charge in [0.2, 0.25) is 0 Å². The molecule has 7 aromatic carbocycles. The Bertz CT molecular complexity index is 2610. The summed E-state index contributed by atoms with van der Waals surface area (Å²) < 4.78 is 15.1. The topological polar surface area (TPSA) is 17.1 Å². The minimum atomic E-state index is -3.23. The lowest BCUT2D eigenvalue weighted by Crippen LogP contribution is -2.07. The van der Waals surface area contributed by atoms with Gasteiger partial charge in [-0.25, -0.2) is 0 Å². The first-order chi connectivity index (χ1) is 24.5. The van der Waals surface area contributed by atoms with Crippen LogP contribution in [-0.2, 0) is 4.57 Å². The van der Waals surface area contributed by atoms with Gasteiger partial charge in [-0.15, -0.1) is 6.42 Å². The average molecular weight is 661 g/mol. The van der Waals surface area contributed by atoms with Crippen LogP contribution in [0.1, 0.15) is 13.8 Å². The molecule has 0 saturated carbocycles. The van der Waals surface area contributed by atoms with E-state index < -0.39 is 7.14 Å². The molecule has 240 valence electrons. The molecule has 1 atom stereocenters. The normalized spacial score (nSPS) is 13.8. The molecule has 0 saturated heterocycles. The molecule has 7 rings (SSSR count). The van der Waals surface area contributed by atoms with E-state index in [0.717, 1.165) is 27.0 Å². The summed E-state index contributed by atoms with van der Waals surface area (Å²) in [5.41, 5.74) is 4.83. The molecule has 0 spiro atoms. The molecule has 0 aliphatic heterocycles. The molecule has 0 amide bonds. The molecule has 0 N–H and O–H groups in total. The van der Waals surface area contributed by atoms with E-state index >= 15 is 4.57 Å². The summed E-state index contributed by atoms with van der Waals surface area (Å²) in [6.07, 6.45) is 18.4. The number of fused-ring (bicyclic) bond motifs is 4. The Balaban J connectivity index is 1.44. The Labute approximate surface area is 294 Å². The maximum absolute atomic E-state index is 15.1. The summed E-state index contributed by atoms with van der Waals surface area (Å²) in [6, 6.07) is 45.5. The molecule has 0 fully saturated rings. The quantitative estimate of drug-likeness (QED) is 0.0686. The van der Waals surface area contributed by atoms with Gasteiger partial charge in [0.1, 0.15) is 0 Å². The number of hydrogen-bond donors (Lipinski definition) is 0. The Hall–Kier alpha value is -5.93. The van der Waals surface area contributed by atoms with Gasteiger partial charge in [0, 0.05) is 10.6 Å². The lowest BCUT2D eigenvalue weighted by atomic mass is 9.84. The third kappa shape index (κ3) is 5.65. The van der Waals surface area contributed by atoms with E-state index in [4.69, 9.17) is 6.42 Å². The van der Waals surface area contributed by atoms with Crippen LogP contribution in [0, 0.1) is 12.3 Å². The van der Waals surface area contributed by atoms with E-state index in [1.165, 1.54) is 49.0 Å². The lowest BCUT2D eigenvalue weighted by molar-refractivity contribution is 0.589. The predicted molar refractivity (Wildman–Crippen MR) is 219 cm³/mol. The van der Waals surface area contributed by atoms with Crippen molar-refractivity contribution in [2.24, 2.45) is 0 Å². The van der Waals surface area contributed by atoms with Crippen molar-refractivity contribution in [2.45, 2.75) is 13.8 Å². The van der Waals surface area contributed by atoms with E-state index in [1.807, 2.05) is 50.3 Å². The molecular weight excluding hydrogens is 624 g/mol. The zero-order valence-corrected chi connectivity index (χ0v) is 29.2. The summed E-state index contributed by atoms with van der Waals surface area (Å²) in [7, 11) is -3.23. The molecule has 0 aromatic heterocycles. The van der Waals surface area contributed by atoms with Crippen molar-refractivity contribution in [1.82, 2.24) is 0 Å². The Kier molecular flexibility index (Phi) is 9.06. The molecular formula is C48H37OP. The molecule has 50 heavy (non-hydrogen) atoms. The van der Waals surface area contributed by atoms with Gasteiger partial charge in [0.15, 0.2) is 7.14 Å². The van der Waals surface area contributed by atoms with Crippen molar-refractivity contribution in [3.05, 3.63) is 187 Å². The highest BCUT2D eigenvalue weighted by atomic mass is 31.2. The smallest absolute Gasteiger partial charge is 0.167 e. The molecule has 0 aliphatic carbocycles. The van der Waals surface area contributed by atoms with E-state index in [0.29, 0.717) is 5.31 Å². The van der Waals surface area contributed by atoms with Crippen LogP contribution in [0.15, 0.2) is 187 Å². The molecule has 1 unspecified atom stereocenters. The third-order valence-electron chi connectivity index (χ3n) is 9.48. The second-order valence-corrected chi connectivity index (χ2v) is 15.3.